The van der Waals surface area contributed by atoms with Crippen LogP contribution in [0.3, 0.4) is 0 Å². The van der Waals surface area contributed by atoms with Gasteiger partial charge in [0, 0.05) is 6.61 Å². The number of hydrogen-bond donors (Lipinski definition) is 2. The van der Waals surface area contributed by atoms with Gasteiger partial charge in [-0.05, 0) is 25.0 Å². The fourth-order valence-electron chi connectivity index (χ4n) is 2.43. The first kappa shape index (κ1) is 14.0. The van der Waals surface area contributed by atoms with Gasteiger partial charge in [0.05, 0.1) is 19.2 Å². The molecule has 3 N–H and O–H groups in total. The fraction of sp³-hybridized carbons (Fsp3) is 0.533. The predicted octanol–water partition coefficient (Wildman–Crippen LogP) is 0.910. The first-order chi connectivity index (χ1) is 10.3. The van der Waals surface area contributed by atoms with E-state index in [0.717, 1.165) is 30.9 Å². The van der Waals surface area contributed by atoms with Crippen molar-refractivity contribution in [3.05, 3.63) is 24.3 Å². The van der Waals surface area contributed by atoms with E-state index in [-0.39, 0.29) is 12.2 Å². The quantitative estimate of drug-likeness (QED) is 0.637. The average molecular weight is 291 g/mol. The standard InChI is InChI=1S/C15H21N3O3/c16-15(17-8-11-4-3-7-19-11)18-9-12-10-20-13-5-1-2-6-14(13)21-12/h1-2,5-6,11-12H,3-4,7-10H2,(H3,16,17,18)/t11-,12-/m0/s1. The number of guanidine groups is 1. The molecule has 0 amide bonds. The van der Waals surface area contributed by atoms with Crippen molar-refractivity contribution in [2.24, 2.45) is 10.7 Å². The van der Waals surface area contributed by atoms with Crippen LogP contribution in [0.2, 0.25) is 0 Å². The highest BCUT2D eigenvalue weighted by atomic mass is 16.6. The first-order valence-corrected chi connectivity index (χ1v) is 7.35. The molecule has 6 nitrogen and oxygen atoms in total. The van der Waals surface area contributed by atoms with Crippen molar-refractivity contribution in [1.29, 1.82) is 0 Å². The number of ether oxygens (including phenoxy) is 3. The van der Waals surface area contributed by atoms with Crippen molar-refractivity contribution >= 4 is 5.96 Å². The molecule has 0 unspecified atom stereocenters. The molecule has 0 spiro atoms. The maximum Gasteiger partial charge on any atom is 0.188 e. The monoisotopic (exact) mass is 291 g/mol. The van der Waals surface area contributed by atoms with Crippen LogP contribution in [0.4, 0.5) is 0 Å². The second-order valence-electron chi connectivity index (χ2n) is 5.24. The lowest BCUT2D eigenvalue weighted by Gasteiger charge is -2.26. The number of nitrogens with one attached hydrogen (secondary N) is 1. The molecule has 2 aliphatic heterocycles. The van der Waals surface area contributed by atoms with Gasteiger partial charge in [0.1, 0.15) is 12.7 Å². The highest BCUT2D eigenvalue weighted by Crippen LogP contribution is 2.30. The highest BCUT2D eigenvalue weighted by Gasteiger charge is 2.20. The van der Waals surface area contributed by atoms with E-state index in [1.165, 1.54) is 0 Å². The number of benzene rings is 1. The third-order valence-corrected chi connectivity index (χ3v) is 3.57. The molecule has 21 heavy (non-hydrogen) atoms. The minimum absolute atomic E-state index is 0.0728. The maximum absolute atomic E-state index is 5.85. The molecule has 114 valence electrons. The Bertz CT molecular complexity index is 501. The van der Waals surface area contributed by atoms with Crippen molar-refractivity contribution in [3.63, 3.8) is 0 Å². The molecule has 3 rings (SSSR count). The molecule has 2 aliphatic rings. The lowest BCUT2D eigenvalue weighted by molar-refractivity contribution is 0.0936. The van der Waals surface area contributed by atoms with Gasteiger partial charge < -0.3 is 25.3 Å². The highest BCUT2D eigenvalue weighted by molar-refractivity contribution is 5.77. The average Bonchev–Trinajstić information content (AvgIpc) is 3.04. The number of rotatable bonds is 4. The summed E-state index contributed by atoms with van der Waals surface area (Å²) in [6.45, 7) is 2.52. The smallest absolute Gasteiger partial charge is 0.188 e. The van der Waals surface area contributed by atoms with Crippen LogP contribution in [-0.2, 0) is 4.74 Å². The minimum atomic E-state index is -0.0728. The molecule has 2 atom stereocenters. The molecule has 0 radical (unpaired) electrons. The summed E-state index contributed by atoms with van der Waals surface area (Å²) in [7, 11) is 0. The van der Waals surface area contributed by atoms with Crippen molar-refractivity contribution in [2.75, 3.05) is 26.3 Å². The van der Waals surface area contributed by atoms with Gasteiger partial charge in [0.15, 0.2) is 17.5 Å². The van der Waals surface area contributed by atoms with Crippen LogP contribution in [0, 0.1) is 0 Å². The van der Waals surface area contributed by atoms with E-state index in [4.69, 9.17) is 19.9 Å². The zero-order valence-electron chi connectivity index (χ0n) is 12.0. The number of hydrogen-bond acceptors (Lipinski definition) is 4. The number of aliphatic imine (C=N–C) groups is 1. The third-order valence-electron chi connectivity index (χ3n) is 3.57. The Labute approximate surface area is 124 Å². The van der Waals surface area contributed by atoms with Crippen molar-refractivity contribution in [2.45, 2.75) is 25.0 Å². The molecule has 0 aromatic heterocycles. The van der Waals surface area contributed by atoms with Crippen LogP contribution < -0.4 is 20.5 Å². The van der Waals surface area contributed by atoms with Crippen LogP contribution in [-0.4, -0.2) is 44.5 Å². The second-order valence-corrected chi connectivity index (χ2v) is 5.24. The van der Waals surface area contributed by atoms with Gasteiger partial charge in [0.2, 0.25) is 0 Å². The summed E-state index contributed by atoms with van der Waals surface area (Å²) in [4.78, 5) is 4.30. The maximum atomic E-state index is 5.85. The Kier molecular flexibility index (Phi) is 4.45. The van der Waals surface area contributed by atoms with E-state index in [1.807, 2.05) is 24.3 Å². The number of nitrogens with two attached hydrogens (primary N) is 1. The summed E-state index contributed by atoms with van der Waals surface area (Å²) in [5, 5.41) is 3.07. The minimum Gasteiger partial charge on any atom is -0.486 e. The van der Waals surface area contributed by atoms with E-state index in [9.17, 15) is 0 Å². The normalized spacial score (nSPS) is 24.9. The van der Waals surface area contributed by atoms with E-state index in [2.05, 4.69) is 10.3 Å². The Morgan fingerprint density at radius 1 is 1.29 bits per heavy atom. The molecule has 1 saturated heterocycles. The molecule has 2 heterocycles. The molecular weight excluding hydrogens is 270 g/mol. The molecule has 6 heteroatoms. The summed E-state index contributed by atoms with van der Waals surface area (Å²) < 4.78 is 17.0. The van der Waals surface area contributed by atoms with Gasteiger partial charge in [-0.25, -0.2) is 0 Å². The Morgan fingerprint density at radius 2 is 2.14 bits per heavy atom. The summed E-state index contributed by atoms with van der Waals surface area (Å²) in [5.41, 5.74) is 5.85. The van der Waals surface area contributed by atoms with Gasteiger partial charge in [-0.3, -0.25) is 4.99 Å². The van der Waals surface area contributed by atoms with E-state index >= 15 is 0 Å². The SMILES string of the molecule is NC(=NC[C@@H]1CCCO1)NC[C@H]1COc2ccccc2O1. The van der Waals surface area contributed by atoms with Gasteiger partial charge in [-0.1, -0.05) is 12.1 Å². The topological polar surface area (TPSA) is 78.1 Å². The zero-order valence-corrected chi connectivity index (χ0v) is 12.0. The molecule has 0 aliphatic carbocycles. The summed E-state index contributed by atoms with van der Waals surface area (Å²) in [6, 6.07) is 7.65. The second kappa shape index (κ2) is 6.67. The van der Waals surface area contributed by atoms with Crippen LogP contribution in [0.15, 0.2) is 29.3 Å². The van der Waals surface area contributed by atoms with Gasteiger partial charge in [0.25, 0.3) is 0 Å². The third kappa shape index (κ3) is 3.78. The lowest BCUT2D eigenvalue weighted by Crippen LogP contribution is -2.43. The summed E-state index contributed by atoms with van der Waals surface area (Å²) >= 11 is 0. The molecule has 0 saturated carbocycles. The van der Waals surface area contributed by atoms with Crippen molar-refractivity contribution in [3.8, 4) is 11.5 Å². The Balaban J connectivity index is 1.44. The first-order valence-electron chi connectivity index (χ1n) is 7.35. The molecule has 0 bridgehead atoms. The fourth-order valence-corrected chi connectivity index (χ4v) is 2.43. The lowest BCUT2D eigenvalue weighted by atomic mass is 10.2. The van der Waals surface area contributed by atoms with Crippen LogP contribution >= 0.6 is 0 Å². The van der Waals surface area contributed by atoms with Crippen LogP contribution in [0.1, 0.15) is 12.8 Å². The number of fused-ring (bicyclic) bond motifs is 1. The van der Waals surface area contributed by atoms with Crippen molar-refractivity contribution < 1.29 is 14.2 Å². The van der Waals surface area contributed by atoms with E-state index < -0.39 is 0 Å². The zero-order chi connectivity index (χ0) is 14.5. The Hall–Kier alpha value is -1.95. The molecule has 1 aromatic rings. The summed E-state index contributed by atoms with van der Waals surface area (Å²) in [5.74, 6) is 1.98. The molecule has 1 fully saturated rings. The molecular formula is C15H21N3O3. The van der Waals surface area contributed by atoms with Gasteiger partial charge in [-0.2, -0.15) is 0 Å². The van der Waals surface area contributed by atoms with Crippen LogP contribution in [0.25, 0.3) is 0 Å². The molecule has 1 aromatic carbocycles. The van der Waals surface area contributed by atoms with Gasteiger partial charge >= 0.3 is 0 Å². The van der Waals surface area contributed by atoms with E-state index in [1.54, 1.807) is 0 Å². The van der Waals surface area contributed by atoms with E-state index in [0.29, 0.717) is 25.7 Å². The van der Waals surface area contributed by atoms with Gasteiger partial charge in [-0.15, -0.1) is 0 Å². The van der Waals surface area contributed by atoms with Crippen molar-refractivity contribution in [1.82, 2.24) is 5.32 Å². The van der Waals surface area contributed by atoms with Crippen LogP contribution in [0.5, 0.6) is 11.5 Å². The Morgan fingerprint density at radius 3 is 2.95 bits per heavy atom. The summed E-state index contributed by atoms with van der Waals surface area (Å²) in [6.07, 6.45) is 2.32. The predicted molar refractivity (Wildman–Crippen MR) is 79.8 cm³/mol. The number of nitrogens with zero attached hydrogens (tertiary/aromatic N) is 1. The largest absolute Gasteiger partial charge is 0.486 e. The number of para-hydroxylation sites is 2.